The molecule has 2 N–H and O–H groups in total. The predicted octanol–water partition coefficient (Wildman–Crippen LogP) is 4.65. The summed E-state index contributed by atoms with van der Waals surface area (Å²) < 4.78 is 11.2. The van der Waals surface area contributed by atoms with E-state index in [1.165, 1.54) is 4.90 Å². The fourth-order valence-electron chi connectivity index (χ4n) is 2.57. The maximum absolute atomic E-state index is 12.8. The number of carbonyl (C=O) groups excluding carboxylic acids is 2. The van der Waals surface area contributed by atoms with E-state index >= 15 is 0 Å². The van der Waals surface area contributed by atoms with Gasteiger partial charge in [-0.15, -0.1) is 0 Å². The number of amides is 3. The van der Waals surface area contributed by atoms with Crippen LogP contribution in [0.15, 0.2) is 54.6 Å². The molecule has 0 heterocycles. The normalized spacial score (nSPS) is 10.3. The number of hydrogen-bond acceptors (Lipinski definition) is 4. The Kier molecular flexibility index (Phi) is 9.51. The zero-order chi connectivity index (χ0) is 20.9. The molecular weight excluding hydrogens is 370 g/mol. The fraction of sp³-hybridized carbons (Fsp3) is 0.364. The topological polar surface area (TPSA) is 79.9 Å². The van der Waals surface area contributed by atoms with Crippen LogP contribution in [0.5, 0.6) is 5.75 Å². The van der Waals surface area contributed by atoms with Crippen LogP contribution >= 0.6 is 0 Å². The molecule has 0 atom stereocenters. The Bertz CT molecular complexity index is 768. The number of urea groups is 1. The zero-order valence-corrected chi connectivity index (χ0v) is 17.0. The SMILES string of the molecule is CCCCOCCN(C(=O)Oc1cccc(NC(=O)NCC)c1)c1ccccc1. The van der Waals surface area contributed by atoms with Gasteiger partial charge in [0.1, 0.15) is 5.75 Å². The molecule has 0 aliphatic heterocycles. The largest absolute Gasteiger partial charge is 0.419 e. The van der Waals surface area contributed by atoms with Gasteiger partial charge in [-0.05, 0) is 37.6 Å². The predicted molar refractivity (Wildman–Crippen MR) is 115 cm³/mol. The number of anilines is 2. The Morgan fingerprint density at radius 3 is 2.52 bits per heavy atom. The molecule has 0 saturated heterocycles. The number of para-hydroxylation sites is 1. The lowest BCUT2D eigenvalue weighted by molar-refractivity contribution is 0.135. The van der Waals surface area contributed by atoms with Gasteiger partial charge in [0.05, 0.1) is 13.2 Å². The van der Waals surface area contributed by atoms with E-state index in [0.717, 1.165) is 18.5 Å². The Morgan fingerprint density at radius 1 is 1.00 bits per heavy atom. The van der Waals surface area contributed by atoms with Crippen LogP contribution in [-0.2, 0) is 4.74 Å². The summed E-state index contributed by atoms with van der Waals surface area (Å²) in [6.45, 7) is 5.93. The number of nitrogens with zero attached hydrogens (tertiary/aromatic N) is 1. The molecule has 29 heavy (non-hydrogen) atoms. The third-order valence-electron chi connectivity index (χ3n) is 4.02. The average molecular weight is 399 g/mol. The van der Waals surface area contributed by atoms with Crippen molar-refractivity contribution in [2.24, 2.45) is 0 Å². The van der Waals surface area contributed by atoms with E-state index in [2.05, 4.69) is 17.6 Å². The molecule has 0 aliphatic carbocycles. The van der Waals surface area contributed by atoms with Gasteiger partial charge in [-0.3, -0.25) is 4.90 Å². The van der Waals surface area contributed by atoms with Crippen LogP contribution in [0, 0.1) is 0 Å². The first kappa shape index (κ1) is 22.2. The van der Waals surface area contributed by atoms with Crippen LogP contribution in [0.4, 0.5) is 21.0 Å². The first-order valence-electron chi connectivity index (χ1n) is 9.91. The van der Waals surface area contributed by atoms with Gasteiger partial charge in [0.25, 0.3) is 0 Å². The molecule has 0 aliphatic rings. The van der Waals surface area contributed by atoms with Crippen molar-refractivity contribution in [3.63, 3.8) is 0 Å². The number of unbranched alkanes of at least 4 members (excludes halogenated alkanes) is 1. The second-order valence-corrected chi connectivity index (χ2v) is 6.33. The lowest BCUT2D eigenvalue weighted by atomic mass is 10.3. The highest BCUT2D eigenvalue weighted by molar-refractivity contribution is 5.91. The molecule has 0 unspecified atom stereocenters. The maximum Gasteiger partial charge on any atom is 0.419 e. The van der Waals surface area contributed by atoms with Crippen LogP contribution in [0.3, 0.4) is 0 Å². The van der Waals surface area contributed by atoms with Gasteiger partial charge < -0.3 is 20.1 Å². The second kappa shape index (κ2) is 12.4. The molecule has 2 aromatic rings. The van der Waals surface area contributed by atoms with Crippen molar-refractivity contribution in [2.75, 3.05) is 36.5 Å². The van der Waals surface area contributed by atoms with E-state index in [9.17, 15) is 9.59 Å². The Labute approximate surface area is 172 Å². The van der Waals surface area contributed by atoms with Crippen molar-refractivity contribution < 1.29 is 19.1 Å². The van der Waals surface area contributed by atoms with E-state index in [1.807, 2.05) is 37.3 Å². The van der Waals surface area contributed by atoms with Gasteiger partial charge in [0, 0.05) is 30.6 Å². The third-order valence-corrected chi connectivity index (χ3v) is 4.02. The maximum atomic E-state index is 12.8. The standard InChI is InChI=1S/C22H29N3O4/c1-3-5-15-28-16-14-25(19-11-7-6-8-12-19)22(27)29-20-13-9-10-18(17-20)24-21(26)23-4-2/h6-13,17H,3-5,14-16H2,1-2H3,(H2,23,24,26). The van der Waals surface area contributed by atoms with Gasteiger partial charge >= 0.3 is 12.1 Å². The summed E-state index contributed by atoms with van der Waals surface area (Å²) in [7, 11) is 0. The molecule has 7 heteroatoms. The van der Waals surface area contributed by atoms with Gasteiger partial charge in [-0.1, -0.05) is 37.6 Å². The van der Waals surface area contributed by atoms with E-state index in [4.69, 9.17) is 9.47 Å². The molecule has 3 amide bonds. The minimum absolute atomic E-state index is 0.314. The number of carbonyl (C=O) groups is 2. The Balaban J connectivity index is 2.04. The lowest BCUT2D eigenvalue weighted by Crippen LogP contribution is -2.36. The molecule has 7 nitrogen and oxygen atoms in total. The van der Waals surface area contributed by atoms with Crippen molar-refractivity contribution in [1.29, 1.82) is 0 Å². The zero-order valence-electron chi connectivity index (χ0n) is 17.0. The first-order chi connectivity index (χ1) is 14.1. The highest BCUT2D eigenvalue weighted by Crippen LogP contribution is 2.20. The van der Waals surface area contributed by atoms with Crippen LogP contribution < -0.4 is 20.3 Å². The first-order valence-corrected chi connectivity index (χ1v) is 9.91. The molecule has 2 rings (SSSR count). The molecule has 0 radical (unpaired) electrons. The lowest BCUT2D eigenvalue weighted by Gasteiger charge is -2.22. The van der Waals surface area contributed by atoms with E-state index in [1.54, 1.807) is 24.3 Å². The van der Waals surface area contributed by atoms with Gasteiger partial charge in [0.15, 0.2) is 0 Å². The van der Waals surface area contributed by atoms with Crippen LogP contribution in [-0.4, -0.2) is 38.4 Å². The molecule has 0 saturated carbocycles. The number of hydrogen-bond donors (Lipinski definition) is 2. The van der Waals surface area contributed by atoms with E-state index < -0.39 is 6.09 Å². The van der Waals surface area contributed by atoms with Crippen molar-refractivity contribution in [3.8, 4) is 5.75 Å². The summed E-state index contributed by atoms with van der Waals surface area (Å²) >= 11 is 0. The van der Waals surface area contributed by atoms with Crippen molar-refractivity contribution in [3.05, 3.63) is 54.6 Å². The summed E-state index contributed by atoms with van der Waals surface area (Å²) in [5.41, 5.74) is 1.27. The third kappa shape index (κ3) is 7.83. The fourth-order valence-corrected chi connectivity index (χ4v) is 2.57. The van der Waals surface area contributed by atoms with Crippen molar-refractivity contribution >= 4 is 23.5 Å². The summed E-state index contributed by atoms with van der Waals surface area (Å²) in [5, 5.41) is 5.35. The number of ether oxygens (including phenoxy) is 2. The van der Waals surface area contributed by atoms with Gasteiger partial charge in [-0.2, -0.15) is 0 Å². The molecule has 0 bridgehead atoms. The molecule has 0 aromatic heterocycles. The monoisotopic (exact) mass is 399 g/mol. The average Bonchev–Trinajstić information content (AvgIpc) is 2.71. The molecule has 156 valence electrons. The molecule has 0 spiro atoms. The summed E-state index contributed by atoms with van der Waals surface area (Å²) in [5.74, 6) is 0.345. The molecular formula is C22H29N3O4. The smallest absolute Gasteiger partial charge is 0.410 e. The molecule has 2 aromatic carbocycles. The van der Waals surface area contributed by atoms with Gasteiger partial charge in [0.2, 0.25) is 0 Å². The minimum atomic E-state index is -0.509. The quantitative estimate of drug-likeness (QED) is 0.570. The summed E-state index contributed by atoms with van der Waals surface area (Å²) in [4.78, 5) is 26.0. The van der Waals surface area contributed by atoms with E-state index in [-0.39, 0.29) is 6.03 Å². The Morgan fingerprint density at radius 2 is 1.79 bits per heavy atom. The summed E-state index contributed by atoms with van der Waals surface area (Å²) in [6.07, 6.45) is 1.54. The van der Waals surface area contributed by atoms with E-state index in [0.29, 0.717) is 37.7 Å². The minimum Gasteiger partial charge on any atom is -0.410 e. The van der Waals surface area contributed by atoms with Crippen LogP contribution in [0.25, 0.3) is 0 Å². The highest BCUT2D eigenvalue weighted by atomic mass is 16.6. The highest BCUT2D eigenvalue weighted by Gasteiger charge is 2.18. The van der Waals surface area contributed by atoms with Gasteiger partial charge in [-0.25, -0.2) is 9.59 Å². The van der Waals surface area contributed by atoms with Crippen molar-refractivity contribution in [1.82, 2.24) is 5.32 Å². The number of nitrogens with one attached hydrogen (secondary N) is 2. The summed E-state index contributed by atoms with van der Waals surface area (Å²) in [6, 6.07) is 15.7. The van der Waals surface area contributed by atoms with Crippen LogP contribution in [0.2, 0.25) is 0 Å². The number of rotatable bonds is 10. The van der Waals surface area contributed by atoms with Crippen molar-refractivity contribution in [2.45, 2.75) is 26.7 Å². The van der Waals surface area contributed by atoms with Crippen LogP contribution in [0.1, 0.15) is 26.7 Å². The second-order valence-electron chi connectivity index (χ2n) is 6.33. The molecule has 0 fully saturated rings. The Hall–Kier alpha value is -3.06. The number of benzene rings is 2.